The van der Waals surface area contributed by atoms with Gasteiger partial charge < -0.3 is 10.2 Å². The van der Waals surface area contributed by atoms with E-state index in [0.29, 0.717) is 6.04 Å². The van der Waals surface area contributed by atoms with E-state index in [0.717, 1.165) is 13.0 Å². The van der Waals surface area contributed by atoms with Gasteiger partial charge in [0.15, 0.2) is 0 Å². The van der Waals surface area contributed by atoms with Crippen LogP contribution in [0.25, 0.3) is 0 Å². The maximum atomic E-state index is 3.60. The Kier molecular flexibility index (Phi) is 5.64. The Morgan fingerprint density at radius 3 is 2.70 bits per heavy atom. The van der Waals surface area contributed by atoms with E-state index in [1.165, 1.54) is 20.6 Å². The van der Waals surface area contributed by atoms with Gasteiger partial charge in [-0.3, -0.25) is 0 Å². The van der Waals surface area contributed by atoms with E-state index in [2.05, 4.69) is 82.9 Å². The van der Waals surface area contributed by atoms with E-state index in [1.54, 1.807) is 0 Å². The summed E-state index contributed by atoms with van der Waals surface area (Å²) in [5, 5.41) is 5.74. The molecule has 4 heteroatoms. The number of benzene rings is 1. The number of thiophene rings is 1. The summed E-state index contributed by atoms with van der Waals surface area (Å²) in [4.78, 5) is 3.55. The normalized spacial score (nSPS) is 12.4. The molecule has 0 fully saturated rings. The molecule has 0 aliphatic carbocycles. The molecule has 0 bridgehead atoms. The number of halogens is 1. The highest BCUT2D eigenvalue weighted by molar-refractivity contribution is 9.10. The van der Waals surface area contributed by atoms with Gasteiger partial charge in [0.25, 0.3) is 0 Å². The molecule has 0 spiro atoms. The van der Waals surface area contributed by atoms with Crippen LogP contribution >= 0.6 is 27.3 Å². The Balaban J connectivity index is 2.21. The van der Waals surface area contributed by atoms with Crippen molar-refractivity contribution in [2.45, 2.75) is 19.4 Å². The van der Waals surface area contributed by atoms with Gasteiger partial charge in [-0.2, -0.15) is 0 Å². The molecule has 1 unspecified atom stereocenters. The molecule has 0 aliphatic rings. The minimum absolute atomic E-state index is 0.366. The zero-order chi connectivity index (χ0) is 14.5. The molecule has 1 heterocycles. The Hall–Kier alpha value is -0.840. The van der Waals surface area contributed by atoms with Crippen LogP contribution in [0.3, 0.4) is 0 Å². The van der Waals surface area contributed by atoms with Crippen molar-refractivity contribution in [3.63, 3.8) is 0 Å². The summed E-state index contributed by atoms with van der Waals surface area (Å²) in [6, 6.07) is 11.3. The summed E-state index contributed by atoms with van der Waals surface area (Å²) in [5.41, 5.74) is 2.60. The molecule has 2 rings (SSSR count). The molecule has 2 nitrogen and oxygen atoms in total. The van der Waals surface area contributed by atoms with Gasteiger partial charge in [-0.1, -0.05) is 19.1 Å². The van der Waals surface area contributed by atoms with Gasteiger partial charge in [0, 0.05) is 47.0 Å². The van der Waals surface area contributed by atoms with Crippen molar-refractivity contribution < 1.29 is 0 Å². The second-order valence-corrected chi connectivity index (χ2v) is 6.95. The third kappa shape index (κ3) is 4.08. The Morgan fingerprint density at radius 2 is 2.10 bits per heavy atom. The summed E-state index contributed by atoms with van der Waals surface area (Å²) in [5.74, 6) is 0. The molecular formula is C16H21BrN2S. The number of rotatable bonds is 6. The molecule has 0 saturated carbocycles. The fourth-order valence-electron chi connectivity index (χ4n) is 2.24. The van der Waals surface area contributed by atoms with E-state index >= 15 is 0 Å². The average molecular weight is 353 g/mol. The van der Waals surface area contributed by atoms with Crippen LogP contribution in [-0.2, 0) is 6.42 Å². The zero-order valence-electron chi connectivity index (χ0n) is 12.2. The van der Waals surface area contributed by atoms with Crippen LogP contribution in [0.2, 0.25) is 0 Å². The minimum atomic E-state index is 0.366. The average Bonchev–Trinajstić information content (AvgIpc) is 2.84. The number of nitrogens with zero attached hydrogens (tertiary/aromatic N) is 1. The van der Waals surface area contributed by atoms with Crippen molar-refractivity contribution in [1.82, 2.24) is 5.32 Å². The monoisotopic (exact) mass is 352 g/mol. The molecular weight excluding hydrogens is 332 g/mol. The first-order valence-electron chi connectivity index (χ1n) is 6.83. The Bertz CT molecular complexity index is 551. The topological polar surface area (TPSA) is 15.3 Å². The molecule has 1 N–H and O–H groups in total. The van der Waals surface area contributed by atoms with E-state index in [-0.39, 0.29) is 0 Å². The van der Waals surface area contributed by atoms with Crippen LogP contribution < -0.4 is 10.2 Å². The first kappa shape index (κ1) is 15.5. The number of hydrogen-bond acceptors (Lipinski definition) is 3. The summed E-state index contributed by atoms with van der Waals surface area (Å²) in [6.07, 6.45) is 1.03. The van der Waals surface area contributed by atoms with Crippen molar-refractivity contribution in [1.29, 1.82) is 0 Å². The molecule has 108 valence electrons. The molecule has 20 heavy (non-hydrogen) atoms. The summed E-state index contributed by atoms with van der Waals surface area (Å²) >= 11 is 5.34. The van der Waals surface area contributed by atoms with Crippen molar-refractivity contribution in [2.24, 2.45) is 0 Å². The lowest BCUT2D eigenvalue weighted by Gasteiger charge is -2.20. The van der Waals surface area contributed by atoms with Crippen molar-refractivity contribution in [3.8, 4) is 0 Å². The van der Waals surface area contributed by atoms with Crippen LogP contribution in [0.5, 0.6) is 0 Å². The van der Waals surface area contributed by atoms with Crippen LogP contribution in [0, 0.1) is 0 Å². The van der Waals surface area contributed by atoms with Crippen LogP contribution in [-0.4, -0.2) is 20.6 Å². The highest BCUT2D eigenvalue weighted by Crippen LogP contribution is 2.27. The maximum Gasteiger partial charge on any atom is 0.0369 e. The number of hydrogen-bond donors (Lipinski definition) is 1. The second-order valence-electron chi connectivity index (χ2n) is 5.04. The third-order valence-corrected chi connectivity index (χ3v) is 4.99. The predicted molar refractivity (Wildman–Crippen MR) is 92.9 cm³/mol. The summed E-state index contributed by atoms with van der Waals surface area (Å²) in [6.45, 7) is 3.14. The third-order valence-electron chi connectivity index (χ3n) is 3.27. The lowest BCUT2D eigenvalue weighted by molar-refractivity contribution is 0.553. The minimum Gasteiger partial charge on any atom is -0.378 e. The molecule has 1 aromatic carbocycles. The van der Waals surface area contributed by atoms with Gasteiger partial charge in [0.2, 0.25) is 0 Å². The molecule has 1 atom stereocenters. The fourth-order valence-corrected chi connectivity index (χ4v) is 3.73. The Labute approximate surface area is 133 Å². The predicted octanol–water partition coefficient (Wildman–Crippen LogP) is 4.47. The smallest absolute Gasteiger partial charge is 0.0369 e. The molecule has 0 saturated heterocycles. The number of anilines is 1. The quantitative estimate of drug-likeness (QED) is 0.824. The zero-order valence-corrected chi connectivity index (χ0v) is 14.6. The highest BCUT2D eigenvalue weighted by atomic mass is 79.9. The Morgan fingerprint density at radius 1 is 1.30 bits per heavy atom. The van der Waals surface area contributed by atoms with Crippen molar-refractivity contribution in [2.75, 3.05) is 25.5 Å². The van der Waals surface area contributed by atoms with Gasteiger partial charge in [0.1, 0.15) is 0 Å². The number of likely N-dealkylation sites (N-methyl/N-ethyl adjacent to an activating group) is 1. The summed E-state index contributed by atoms with van der Waals surface area (Å²) < 4.78 is 1.18. The molecule has 2 aromatic rings. The van der Waals surface area contributed by atoms with E-state index in [9.17, 15) is 0 Å². The van der Waals surface area contributed by atoms with E-state index in [1.807, 2.05) is 11.3 Å². The van der Waals surface area contributed by atoms with Gasteiger partial charge in [-0.05, 0) is 46.2 Å². The lowest BCUT2D eigenvalue weighted by atomic mass is 10.0. The van der Waals surface area contributed by atoms with Crippen LogP contribution in [0.4, 0.5) is 5.69 Å². The van der Waals surface area contributed by atoms with Gasteiger partial charge >= 0.3 is 0 Å². The first-order chi connectivity index (χ1) is 9.60. The van der Waals surface area contributed by atoms with E-state index in [4.69, 9.17) is 0 Å². The number of nitrogens with one attached hydrogen (secondary N) is 1. The van der Waals surface area contributed by atoms with Gasteiger partial charge in [-0.15, -0.1) is 11.3 Å². The van der Waals surface area contributed by atoms with Crippen LogP contribution in [0.1, 0.15) is 23.4 Å². The fraction of sp³-hybridized carbons (Fsp3) is 0.375. The molecule has 0 amide bonds. The largest absolute Gasteiger partial charge is 0.378 e. The standard InChI is InChI=1S/C16H21BrN2S/c1-4-18-16(10-15-9-13(17)11-20-15)12-6-5-7-14(8-12)19(2)3/h5-9,11,16,18H,4,10H2,1-3H3. The van der Waals surface area contributed by atoms with Gasteiger partial charge in [0.05, 0.1) is 0 Å². The molecule has 1 aromatic heterocycles. The summed E-state index contributed by atoms with van der Waals surface area (Å²) in [7, 11) is 4.16. The molecule has 0 radical (unpaired) electrons. The highest BCUT2D eigenvalue weighted by Gasteiger charge is 2.13. The lowest BCUT2D eigenvalue weighted by Crippen LogP contribution is -2.23. The van der Waals surface area contributed by atoms with Crippen molar-refractivity contribution >= 4 is 33.0 Å². The SMILES string of the molecule is CCNC(Cc1cc(Br)cs1)c1cccc(N(C)C)c1. The first-order valence-corrected chi connectivity index (χ1v) is 8.51. The van der Waals surface area contributed by atoms with Crippen molar-refractivity contribution in [3.05, 3.63) is 50.6 Å². The van der Waals surface area contributed by atoms with Gasteiger partial charge in [-0.25, -0.2) is 0 Å². The van der Waals surface area contributed by atoms with Crippen LogP contribution in [0.15, 0.2) is 40.2 Å². The van der Waals surface area contributed by atoms with E-state index < -0.39 is 0 Å². The maximum absolute atomic E-state index is 3.60. The second kappa shape index (κ2) is 7.25. The molecule has 0 aliphatic heterocycles.